The van der Waals surface area contributed by atoms with Crippen LogP contribution in [-0.4, -0.2) is 23.9 Å². The van der Waals surface area contributed by atoms with Crippen molar-refractivity contribution in [1.29, 1.82) is 5.26 Å². The van der Waals surface area contributed by atoms with E-state index in [1.54, 1.807) is 6.20 Å². The molecule has 0 amide bonds. The van der Waals surface area contributed by atoms with Gasteiger partial charge in [0.15, 0.2) is 5.65 Å². The third-order valence-corrected chi connectivity index (χ3v) is 9.91. The second-order valence-electron chi connectivity index (χ2n) is 12.4. The van der Waals surface area contributed by atoms with E-state index < -0.39 is 0 Å². The number of aromatic nitrogens is 5. The maximum atomic E-state index is 9.47. The van der Waals surface area contributed by atoms with Gasteiger partial charge in [0.25, 0.3) is 0 Å². The molecular formula is C42H22N6. The van der Waals surface area contributed by atoms with E-state index in [0.29, 0.717) is 17.2 Å². The number of hydrogen-bond donors (Lipinski definition) is 0. The molecule has 0 saturated heterocycles. The lowest BCUT2D eigenvalue weighted by atomic mass is 10.0. The molecule has 0 aliphatic rings. The van der Waals surface area contributed by atoms with Crippen molar-refractivity contribution in [2.75, 3.05) is 0 Å². The molecule has 5 heterocycles. The van der Waals surface area contributed by atoms with Gasteiger partial charge in [0.05, 0.1) is 44.9 Å². The van der Waals surface area contributed by atoms with Gasteiger partial charge in [0.2, 0.25) is 5.95 Å². The summed E-state index contributed by atoms with van der Waals surface area (Å²) >= 11 is 0. The molecule has 0 fully saturated rings. The molecule has 48 heavy (non-hydrogen) atoms. The summed E-state index contributed by atoms with van der Waals surface area (Å²) in [5.41, 5.74) is 8.57. The van der Waals surface area contributed by atoms with Crippen LogP contribution < -0.4 is 0 Å². The summed E-state index contributed by atoms with van der Waals surface area (Å²) in [4.78, 5) is 15.2. The second kappa shape index (κ2) is 9.12. The summed E-state index contributed by atoms with van der Waals surface area (Å²) in [6.45, 7) is 0. The number of hydrogen-bond acceptors (Lipinski definition) is 4. The number of nitriles is 1. The van der Waals surface area contributed by atoms with Gasteiger partial charge >= 0.3 is 0 Å². The van der Waals surface area contributed by atoms with Crippen LogP contribution in [0.4, 0.5) is 0 Å². The van der Waals surface area contributed by atoms with Gasteiger partial charge in [-0.3, -0.25) is 4.57 Å². The molecule has 6 nitrogen and oxygen atoms in total. The minimum atomic E-state index is 0.554. The van der Waals surface area contributed by atoms with E-state index in [2.05, 4.69) is 106 Å². The van der Waals surface area contributed by atoms with Crippen molar-refractivity contribution < 1.29 is 0 Å². The molecule has 0 spiro atoms. The normalized spacial score (nSPS) is 12.1. The van der Waals surface area contributed by atoms with Crippen LogP contribution in [0.25, 0.3) is 98.9 Å². The van der Waals surface area contributed by atoms with Gasteiger partial charge in [0, 0.05) is 49.5 Å². The summed E-state index contributed by atoms with van der Waals surface area (Å²) < 4.78 is 4.66. The number of para-hydroxylation sites is 2. The third kappa shape index (κ3) is 3.22. The largest absolute Gasteiger partial charge is 0.308 e. The first kappa shape index (κ1) is 25.4. The predicted molar refractivity (Wildman–Crippen MR) is 194 cm³/mol. The fraction of sp³-hybridized carbons (Fsp3) is 0. The maximum Gasteiger partial charge on any atom is 0.237 e. The molecule has 0 radical (unpaired) electrons. The molecule has 0 saturated carbocycles. The Bertz CT molecular complexity index is 3180. The SMILES string of the molecule is N#Cc1ccc(-c2nc(-n3c4cc5ccccc5cc4c4cc5c6ccccc6n6c7ccccc7c(c43)c56)nc3ncccc23)cc1. The average molecular weight is 611 g/mol. The molecule has 11 aromatic rings. The number of fused-ring (bicyclic) bond motifs is 12. The molecule has 0 bridgehead atoms. The van der Waals surface area contributed by atoms with Gasteiger partial charge in [-0.2, -0.15) is 10.2 Å². The minimum Gasteiger partial charge on any atom is -0.308 e. The van der Waals surface area contributed by atoms with Crippen LogP contribution in [0.2, 0.25) is 0 Å². The Hall–Kier alpha value is -6.84. The Labute approximate surface area is 272 Å². The van der Waals surface area contributed by atoms with Crippen LogP contribution in [0.3, 0.4) is 0 Å². The molecule has 0 unspecified atom stereocenters. The molecule has 0 N–H and O–H groups in total. The highest BCUT2D eigenvalue weighted by atomic mass is 15.2. The summed E-state index contributed by atoms with van der Waals surface area (Å²) in [5, 5.41) is 19.8. The Morgan fingerprint density at radius 1 is 0.542 bits per heavy atom. The first-order valence-corrected chi connectivity index (χ1v) is 15.9. The molecule has 6 aromatic carbocycles. The van der Waals surface area contributed by atoms with Gasteiger partial charge in [-0.25, -0.2) is 9.97 Å². The van der Waals surface area contributed by atoms with Gasteiger partial charge < -0.3 is 4.40 Å². The Kier molecular flexibility index (Phi) is 4.82. The average Bonchev–Trinajstić information content (AvgIpc) is 3.78. The number of benzene rings is 6. The number of pyridine rings is 1. The molecule has 220 valence electrons. The fourth-order valence-corrected chi connectivity index (χ4v) is 7.87. The number of rotatable bonds is 2. The lowest BCUT2D eigenvalue weighted by Crippen LogP contribution is -2.04. The van der Waals surface area contributed by atoms with Crippen LogP contribution in [0.1, 0.15) is 5.56 Å². The zero-order valence-corrected chi connectivity index (χ0v) is 25.4. The van der Waals surface area contributed by atoms with Gasteiger partial charge in [-0.1, -0.05) is 72.8 Å². The van der Waals surface area contributed by atoms with Gasteiger partial charge in [-0.15, -0.1) is 0 Å². The lowest BCUT2D eigenvalue weighted by molar-refractivity contribution is 1.01. The van der Waals surface area contributed by atoms with Crippen molar-refractivity contribution in [2.24, 2.45) is 0 Å². The first-order chi connectivity index (χ1) is 23.8. The van der Waals surface area contributed by atoms with E-state index >= 15 is 0 Å². The molecule has 0 aliphatic heterocycles. The minimum absolute atomic E-state index is 0.554. The number of nitrogens with zero attached hydrogens (tertiary/aromatic N) is 6. The van der Waals surface area contributed by atoms with Crippen molar-refractivity contribution in [3.05, 3.63) is 139 Å². The molecule has 5 aromatic heterocycles. The van der Waals surface area contributed by atoms with Crippen molar-refractivity contribution >= 4 is 81.7 Å². The van der Waals surface area contributed by atoms with Crippen molar-refractivity contribution in [3.63, 3.8) is 0 Å². The van der Waals surface area contributed by atoms with Gasteiger partial charge in [-0.05, 0) is 65.4 Å². The van der Waals surface area contributed by atoms with Crippen LogP contribution in [0.5, 0.6) is 0 Å². The Balaban J connectivity index is 1.39. The van der Waals surface area contributed by atoms with Crippen LogP contribution >= 0.6 is 0 Å². The van der Waals surface area contributed by atoms with Crippen LogP contribution in [0, 0.1) is 11.3 Å². The summed E-state index contributed by atoms with van der Waals surface area (Å²) in [5.74, 6) is 0.554. The smallest absolute Gasteiger partial charge is 0.237 e. The summed E-state index contributed by atoms with van der Waals surface area (Å²) in [7, 11) is 0. The molecule has 0 aliphatic carbocycles. The van der Waals surface area contributed by atoms with Crippen molar-refractivity contribution in [3.8, 4) is 23.3 Å². The molecule has 11 rings (SSSR count). The van der Waals surface area contributed by atoms with E-state index in [9.17, 15) is 5.26 Å². The zero-order valence-electron chi connectivity index (χ0n) is 25.4. The Morgan fingerprint density at radius 2 is 1.23 bits per heavy atom. The molecule has 6 heteroatoms. The molecule has 0 atom stereocenters. The van der Waals surface area contributed by atoms with Crippen molar-refractivity contribution in [2.45, 2.75) is 0 Å². The molecular weight excluding hydrogens is 589 g/mol. The van der Waals surface area contributed by atoms with Crippen LogP contribution in [0.15, 0.2) is 134 Å². The van der Waals surface area contributed by atoms with E-state index in [-0.39, 0.29) is 0 Å². The lowest BCUT2D eigenvalue weighted by Gasteiger charge is -2.12. The van der Waals surface area contributed by atoms with E-state index in [1.165, 1.54) is 43.5 Å². The predicted octanol–water partition coefficient (Wildman–Crippen LogP) is 9.96. The fourth-order valence-electron chi connectivity index (χ4n) is 7.87. The van der Waals surface area contributed by atoms with E-state index in [1.807, 2.05) is 36.4 Å². The quantitative estimate of drug-likeness (QED) is 0.195. The highest BCUT2D eigenvalue weighted by Crippen LogP contribution is 2.46. The standard InChI is InChI=1S/C42H22N6/c43-23-24-15-17-25(18-16-24)38-30-12-7-19-44-41(30)46-42(45-38)48-36-21-27-9-2-1-8-26(27)20-31(36)33-22-32-28-10-3-5-13-34(28)47-35-14-6-4-11-29(35)37(39(32)47)40(33)48/h1-22H. The topological polar surface area (TPSA) is 71.8 Å². The van der Waals surface area contributed by atoms with E-state index in [0.717, 1.165) is 43.8 Å². The first-order valence-electron chi connectivity index (χ1n) is 15.9. The van der Waals surface area contributed by atoms with E-state index in [4.69, 9.17) is 15.0 Å². The van der Waals surface area contributed by atoms with Crippen LogP contribution in [-0.2, 0) is 0 Å². The summed E-state index contributed by atoms with van der Waals surface area (Å²) in [6, 6.07) is 46.6. The zero-order chi connectivity index (χ0) is 31.5. The monoisotopic (exact) mass is 610 g/mol. The van der Waals surface area contributed by atoms with Gasteiger partial charge in [0.1, 0.15) is 0 Å². The second-order valence-corrected chi connectivity index (χ2v) is 12.4. The third-order valence-electron chi connectivity index (χ3n) is 9.91. The Morgan fingerprint density at radius 3 is 2.04 bits per heavy atom. The van der Waals surface area contributed by atoms with Crippen molar-refractivity contribution in [1.82, 2.24) is 23.9 Å². The highest BCUT2D eigenvalue weighted by Gasteiger charge is 2.26. The maximum absolute atomic E-state index is 9.47. The highest BCUT2D eigenvalue weighted by molar-refractivity contribution is 6.34. The summed E-state index contributed by atoms with van der Waals surface area (Å²) in [6.07, 6.45) is 1.78.